The maximum atomic E-state index is 13.0. The monoisotopic (exact) mass is 520 g/mol. The van der Waals surface area contributed by atoms with E-state index in [0.717, 1.165) is 11.1 Å². The number of rotatable bonds is 11. The Kier molecular flexibility index (Phi) is 8.78. The highest BCUT2D eigenvalue weighted by atomic mass is 16.5. The van der Waals surface area contributed by atoms with E-state index in [-0.39, 0.29) is 35.9 Å². The van der Waals surface area contributed by atoms with Gasteiger partial charge in [-0.25, -0.2) is 0 Å². The minimum Gasteiger partial charge on any atom is -0.548 e. The summed E-state index contributed by atoms with van der Waals surface area (Å²) in [5.41, 5.74) is 3.06. The van der Waals surface area contributed by atoms with Crippen LogP contribution < -0.4 is 25.2 Å². The Morgan fingerprint density at radius 1 is 0.897 bits per heavy atom. The summed E-state index contributed by atoms with van der Waals surface area (Å²) in [6.45, 7) is 0.237. The molecule has 0 aromatic heterocycles. The quantitative estimate of drug-likeness (QED) is 0.303. The van der Waals surface area contributed by atoms with Gasteiger partial charge in [-0.2, -0.15) is 5.26 Å². The van der Waals surface area contributed by atoms with E-state index in [1.54, 1.807) is 30.3 Å². The first-order valence-corrected chi connectivity index (χ1v) is 12.2. The molecule has 8 heteroatoms. The maximum Gasteiger partial charge on any atom is 0.228 e. The van der Waals surface area contributed by atoms with Crippen LogP contribution in [-0.2, 0) is 22.6 Å². The van der Waals surface area contributed by atoms with Crippen LogP contribution in [0.5, 0.6) is 11.5 Å². The lowest BCUT2D eigenvalue weighted by atomic mass is 10.0. The Morgan fingerprint density at radius 2 is 1.54 bits per heavy atom. The molecule has 1 atom stereocenters. The van der Waals surface area contributed by atoms with Crippen molar-refractivity contribution in [2.24, 2.45) is 0 Å². The molecular weight excluding hydrogens is 494 g/mol. The zero-order valence-corrected chi connectivity index (χ0v) is 21.2. The number of hydrogen-bond acceptors (Lipinski definition) is 7. The van der Waals surface area contributed by atoms with E-state index in [4.69, 9.17) is 14.7 Å². The number of hydrogen-bond donors (Lipinski definition) is 2. The number of carbonyl (C=O) groups is 2. The number of nitrogens with zero attached hydrogens (tertiary/aromatic N) is 1. The van der Waals surface area contributed by atoms with Gasteiger partial charge in [0.25, 0.3) is 0 Å². The summed E-state index contributed by atoms with van der Waals surface area (Å²) >= 11 is 0. The minimum absolute atomic E-state index is 0.0888. The molecular formula is C31H26N3O5-. The van der Waals surface area contributed by atoms with Crippen molar-refractivity contribution in [2.75, 3.05) is 17.7 Å². The Hall–Kier alpha value is -5.29. The van der Waals surface area contributed by atoms with E-state index in [9.17, 15) is 14.7 Å². The van der Waals surface area contributed by atoms with Crippen molar-refractivity contribution in [3.8, 4) is 17.6 Å². The second-order valence-corrected chi connectivity index (χ2v) is 8.66. The van der Waals surface area contributed by atoms with Crippen LogP contribution in [0.4, 0.5) is 11.4 Å². The van der Waals surface area contributed by atoms with E-state index in [1.165, 1.54) is 13.2 Å². The van der Waals surface area contributed by atoms with Crippen molar-refractivity contribution < 1.29 is 24.2 Å². The Balaban J connectivity index is 1.70. The summed E-state index contributed by atoms with van der Waals surface area (Å²) in [6.07, 6.45) is 0.0888. The van der Waals surface area contributed by atoms with Crippen LogP contribution in [0, 0.1) is 11.3 Å². The Morgan fingerprint density at radius 3 is 2.13 bits per heavy atom. The van der Waals surface area contributed by atoms with E-state index in [1.807, 2.05) is 66.7 Å². The van der Waals surface area contributed by atoms with E-state index in [2.05, 4.69) is 10.6 Å². The normalized spacial score (nSPS) is 11.1. The number of nitriles is 1. The third-order valence-electron chi connectivity index (χ3n) is 5.93. The molecule has 4 rings (SSSR count). The molecule has 0 bridgehead atoms. The molecule has 0 aliphatic heterocycles. The van der Waals surface area contributed by atoms with Crippen LogP contribution >= 0.6 is 0 Å². The number of aliphatic carboxylic acids is 1. The van der Waals surface area contributed by atoms with Gasteiger partial charge in [-0.15, -0.1) is 0 Å². The average molecular weight is 521 g/mol. The van der Waals surface area contributed by atoms with Gasteiger partial charge in [0.2, 0.25) is 5.91 Å². The van der Waals surface area contributed by atoms with Crippen LogP contribution in [-0.4, -0.2) is 19.0 Å². The molecule has 8 nitrogen and oxygen atoms in total. The van der Waals surface area contributed by atoms with Crippen LogP contribution in [0.1, 0.15) is 28.3 Å². The lowest BCUT2D eigenvalue weighted by molar-refractivity contribution is -0.307. The number of carboxylic acid groups (broad SMARTS) is 1. The second kappa shape index (κ2) is 12.8. The van der Waals surface area contributed by atoms with Gasteiger partial charge in [0.1, 0.15) is 6.61 Å². The molecule has 0 radical (unpaired) electrons. The maximum absolute atomic E-state index is 13.0. The molecule has 0 saturated carbocycles. The molecule has 0 heterocycles. The fraction of sp³-hybridized carbons (Fsp3) is 0.129. The zero-order chi connectivity index (χ0) is 27.6. The van der Waals surface area contributed by atoms with Crippen molar-refractivity contribution in [3.63, 3.8) is 0 Å². The molecule has 4 aromatic carbocycles. The Bertz CT molecular complexity index is 1470. The molecule has 2 N–H and O–H groups in total. The van der Waals surface area contributed by atoms with Gasteiger partial charge in [0.15, 0.2) is 11.5 Å². The summed E-state index contributed by atoms with van der Waals surface area (Å²) in [7, 11) is 1.45. The summed E-state index contributed by atoms with van der Waals surface area (Å²) in [4.78, 5) is 25.3. The van der Waals surface area contributed by atoms with Gasteiger partial charge >= 0.3 is 0 Å². The molecule has 1 unspecified atom stereocenters. The summed E-state index contributed by atoms with van der Waals surface area (Å²) in [6, 6.07) is 28.8. The molecule has 0 aliphatic rings. The summed E-state index contributed by atoms with van der Waals surface area (Å²) in [5.74, 6) is -1.14. The molecule has 1 amide bonds. The fourth-order valence-electron chi connectivity index (χ4n) is 3.98. The predicted molar refractivity (Wildman–Crippen MR) is 145 cm³/mol. The van der Waals surface area contributed by atoms with Gasteiger partial charge < -0.3 is 30.0 Å². The first-order chi connectivity index (χ1) is 19.0. The topological polar surface area (TPSA) is 124 Å². The molecule has 0 saturated heterocycles. The lowest BCUT2D eigenvalue weighted by Gasteiger charge is -2.25. The molecule has 0 aliphatic carbocycles. The van der Waals surface area contributed by atoms with Crippen LogP contribution in [0.2, 0.25) is 0 Å². The molecule has 0 spiro atoms. The van der Waals surface area contributed by atoms with Gasteiger partial charge in [-0.05, 0) is 41.5 Å². The number of carbonyl (C=O) groups excluding carboxylic acids is 2. The highest BCUT2D eigenvalue weighted by Gasteiger charge is 2.22. The summed E-state index contributed by atoms with van der Waals surface area (Å²) < 4.78 is 11.5. The van der Waals surface area contributed by atoms with Crippen molar-refractivity contribution in [1.82, 2.24) is 0 Å². The van der Waals surface area contributed by atoms with Crippen LogP contribution in [0.25, 0.3) is 0 Å². The number of nitrogens with one attached hydrogen (secondary N) is 2. The van der Waals surface area contributed by atoms with E-state index in [0.29, 0.717) is 17.0 Å². The standard InChI is InChI=1S/C31H27N3O5/c1-38-27-17-25(30(31(36)37)33-24-14-12-22(19-32)13-15-24)26(34-29(35)16-21-8-4-2-5-9-21)18-28(27)39-20-23-10-6-3-7-11-23/h2-15,17-18,30,33H,16,20H2,1H3,(H,34,35)(H,36,37)/p-1. The van der Waals surface area contributed by atoms with Gasteiger partial charge in [-0.1, -0.05) is 60.7 Å². The first kappa shape index (κ1) is 26.8. The van der Waals surface area contributed by atoms with Gasteiger partial charge in [0, 0.05) is 17.3 Å². The van der Waals surface area contributed by atoms with Gasteiger partial charge in [0.05, 0.1) is 42.9 Å². The first-order valence-electron chi connectivity index (χ1n) is 12.2. The third kappa shape index (κ3) is 7.14. The molecule has 196 valence electrons. The number of anilines is 2. The number of amides is 1. The Labute approximate surface area is 226 Å². The predicted octanol–water partition coefficient (Wildman–Crippen LogP) is 4.23. The van der Waals surface area contributed by atoms with Gasteiger partial charge in [-0.3, -0.25) is 4.79 Å². The SMILES string of the molecule is COc1cc(C(Nc2ccc(C#N)cc2)C(=O)[O-])c(NC(=O)Cc2ccccc2)cc1OCc1ccccc1. The van der Waals surface area contributed by atoms with Crippen molar-refractivity contribution in [1.29, 1.82) is 5.26 Å². The largest absolute Gasteiger partial charge is 0.548 e. The zero-order valence-electron chi connectivity index (χ0n) is 21.2. The number of methoxy groups -OCH3 is 1. The molecule has 0 fully saturated rings. The lowest BCUT2D eigenvalue weighted by Crippen LogP contribution is -2.35. The van der Waals surface area contributed by atoms with Crippen molar-refractivity contribution in [3.05, 3.63) is 119 Å². The second-order valence-electron chi connectivity index (χ2n) is 8.66. The highest BCUT2D eigenvalue weighted by molar-refractivity contribution is 5.95. The van der Waals surface area contributed by atoms with Crippen molar-refractivity contribution >= 4 is 23.3 Å². The number of benzene rings is 4. The summed E-state index contributed by atoms with van der Waals surface area (Å²) in [5, 5.41) is 27.2. The molecule has 4 aromatic rings. The minimum atomic E-state index is -1.42. The van der Waals surface area contributed by atoms with E-state index >= 15 is 0 Å². The number of carboxylic acids is 1. The number of ether oxygens (including phenoxy) is 2. The third-order valence-corrected chi connectivity index (χ3v) is 5.93. The molecule has 39 heavy (non-hydrogen) atoms. The van der Waals surface area contributed by atoms with Crippen molar-refractivity contribution in [2.45, 2.75) is 19.1 Å². The van der Waals surface area contributed by atoms with Crippen LogP contribution in [0.3, 0.4) is 0 Å². The smallest absolute Gasteiger partial charge is 0.228 e. The average Bonchev–Trinajstić information content (AvgIpc) is 2.96. The van der Waals surface area contributed by atoms with E-state index < -0.39 is 12.0 Å². The van der Waals surface area contributed by atoms with Crippen LogP contribution in [0.15, 0.2) is 97.1 Å². The fourth-order valence-corrected chi connectivity index (χ4v) is 3.98. The highest BCUT2D eigenvalue weighted by Crippen LogP contribution is 2.38.